The zero-order valence-electron chi connectivity index (χ0n) is 15.3. The zero-order chi connectivity index (χ0) is 17.3. The maximum absolute atomic E-state index is 4.60. The van der Waals surface area contributed by atoms with E-state index in [1.165, 1.54) is 22.2 Å². The molecule has 0 aliphatic rings. The molecular formula is C20H27N3S. The summed E-state index contributed by atoms with van der Waals surface area (Å²) in [4.78, 5) is 4.60. The van der Waals surface area contributed by atoms with Crippen LogP contribution < -0.4 is 5.32 Å². The van der Waals surface area contributed by atoms with Crippen LogP contribution in [0.4, 0.5) is 0 Å². The number of hydrogen-bond acceptors (Lipinski definition) is 3. The third-order valence-electron chi connectivity index (χ3n) is 4.57. The topological polar surface area (TPSA) is 29.9 Å². The fourth-order valence-corrected chi connectivity index (χ4v) is 3.97. The van der Waals surface area contributed by atoms with E-state index >= 15 is 0 Å². The number of thiazole rings is 1. The number of benzene rings is 1. The molecular weight excluding hydrogens is 314 g/mol. The van der Waals surface area contributed by atoms with Crippen molar-refractivity contribution < 1.29 is 0 Å². The van der Waals surface area contributed by atoms with E-state index in [9.17, 15) is 0 Å². The Labute approximate surface area is 148 Å². The third-order valence-corrected chi connectivity index (χ3v) is 5.37. The Bertz CT molecular complexity index is 829. The molecule has 0 saturated heterocycles. The number of fused-ring (bicyclic) bond motifs is 1. The molecule has 0 saturated carbocycles. The summed E-state index contributed by atoms with van der Waals surface area (Å²) in [5, 5.41) is 8.31. The number of hydrogen-bond donors (Lipinski definition) is 1. The molecule has 3 aromatic rings. The Balaban J connectivity index is 1.87. The molecule has 1 N–H and O–H groups in total. The first kappa shape index (κ1) is 17.2. The van der Waals surface area contributed by atoms with Crippen molar-refractivity contribution in [2.24, 2.45) is 5.92 Å². The lowest BCUT2D eigenvalue weighted by molar-refractivity contribution is 0.522. The van der Waals surface area contributed by atoms with Crippen molar-refractivity contribution in [1.29, 1.82) is 0 Å². The second-order valence-electron chi connectivity index (χ2n) is 6.98. The van der Waals surface area contributed by atoms with Crippen LogP contribution in [-0.2, 0) is 13.1 Å². The number of nitrogens with one attached hydrogen (secondary N) is 1. The smallest absolute Gasteiger partial charge is 0.0898 e. The molecule has 0 bridgehead atoms. The SMILES string of the molecule is Cc1nc([C@@H](C)NCc2c(C)n(CC(C)C)c3ccccc23)cs1. The van der Waals surface area contributed by atoms with Crippen molar-refractivity contribution >= 4 is 22.2 Å². The number of aryl methyl sites for hydroxylation is 1. The van der Waals surface area contributed by atoms with Gasteiger partial charge in [0.05, 0.1) is 10.7 Å². The lowest BCUT2D eigenvalue weighted by Crippen LogP contribution is -2.19. The van der Waals surface area contributed by atoms with Crippen LogP contribution in [-0.4, -0.2) is 9.55 Å². The predicted octanol–water partition coefficient (Wildman–Crippen LogP) is 5.22. The summed E-state index contributed by atoms with van der Waals surface area (Å²) in [5.41, 5.74) is 5.27. The quantitative estimate of drug-likeness (QED) is 0.666. The van der Waals surface area contributed by atoms with Crippen LogP contribution in [0.3, 0.4) is 0 Å². The molecule has 1 atom stereocenters. The molecule has 24 heavy (non-hydrogen) atoms. The molecule has 3 nitrogen and oxygen atoms in total. The van der Waals surface area contributed by atoms with E-state index in [2.05, 4.69) is 79.1 Å². The van der Waals surface area contributed by atoms with E-state index in [4.69, 9.17) is 0 Å². The lowest BCUT2D eigenvalue weighted by atomic mass is 10.1. The first-order valence-electron chi connectivity index (χ1n) is 8.69. The molecule has 0 radical (unpaired) electrons. The van der Waals surface area contributed by atoms with Gasteiger partial charge in [-0.25, -0.2) is 4.98 Å². The van der Waals surface area contributed by atoms with Crippen LogP contribution in [0.1, 0.15) is 48.8 Å². The summed E-state index contributed by atoms with van der Waals surface area (Å²) in [6, 6.07) is 9.02. The average molecular weight is 342 g/mol. The van der Waals surface area contributed by atoms with Gasteiger partial charge in [-0.2, -0.15) is 0 Å². The van der Waals surface area contributed by atoms with Gasteiger partial charge in [0.15, 0.2) is 0 Å². The molecule has 0 amide bonds. The van der Waals surface area contributed by atoms with Gasteiger partial charge in [0.2, 0.25) is 0 Å². The minimum absolute atomic E-state index is 0.265. The maximum Gasteiger partial charge on any atom is 0.0898 e. The monoisotopic (exact) mass is 341 g/mol. The van der Waals surface area contributed by atoms with Crippen molar-refractivity contribution in [1.82, 2.24) is 14.9 Å². The molecule has 1 aromatic carbocycles. The minimum atomic E-state index is 0.265. The molecule has 2 heterocycles. The standard InChI is InChI=1S/C20H27N3S/c1-13(2)11-23-15(4)18(17-8-6-7-9-20(17)23)10-21-14(3)19-12-24-16(5)22-19/h6-9,12-14,21H,10-11H2,1-5H3/t14-/m1/s1. The second kappa shape index (κ2) is 7.08. The average Bonchev–Trinajstić information content (AvgIpc) is 3.09. The van der Waals surface area contributed by atoms with Gasteiger partial charge >= 0.3 is 0 Å². The number of nitrogens with zero attached hydrogens (tertiary/aromatic N) is 2. The Kier molecular flexibility index (Phi) is 5.07. The van der Waals surface area contributed by atoms with Gasteiger partial charge in [-0.05, 0) is 38.3 Å². The van der Waals surface area contributed by atoms with E-state index in [-0.39, 0.29) is 6.04 Å². The van der Waals surface area contributed by atoms with Crippen molar-refractivity contribution in [2.45, 2.75) is 53.8 Å². The highest BCUT2D eigenvalue weighted by atomic mass is 32.1. The highest BCUT2D eigenvalue weighted by Crippen LogP contribution is 2.27. The maximum atomic E-state index is 4.60. The summed E-state index contributed by atoms with van der Waals surface area (Å²) < 4.78 is 2.47. The largest absolute Gasteiger partial charge is 0.344 e. The van der Waals surface area contributed by atoms with Crippen LogP contribution >= 0.6 is 11.3 Å². The third kappa shape index (κ3) is 3.40. The molecule has 128 valence electrons. The van der Waals surface area contributed by atoms with Gasteiger partial charge in [-0.3, -0.25) is 0 Å². The fraction of sp³-hybridized carbons (Fsp3) is 0.450. The van der Waals surface area contributed by atoms with E-state index in [0.717, 1.165) is 23.8 Å². The summed E-state index contributed by atoms with van der Waals surface area (Å²) >= 11 is 1.72. The molecule has 0 unspecified atom stereocenters. The van der Waals surface area contributed by atoms with Gasteiger partial charge in [0.25, 0.3) is 0 Å². The van der Waals surface area contributed by atoms with Gasteiger partial charge in [-0.1, -0.05) is 32.0 Å². The van der Waals surface area contributed by atoms with Crippen molar-refractivity contribution in [3.05, 3.63) is 51.6 Å². The number of aromatic nitrogens is 2. The van der Waals surface area contributed by atoms with Crippen LogP contribution in [0.2, 0.25) is 0 Å². The Morgan fingerprint density at radius 2 is 1.92 bits per heavy atom. The molecule has 3 rings (SSSR count). The molecule has 0 aliphatic carbocycles. The van der Waals surface area contributed by atoms with Gasteiger partial charge < -0.3 is 9.88 Å². The summed E-state index contributed by atoms with van der Waals surface area (Å²) in [5.74, 6) is 0.636. The van der Waals surface area contributed by atoms with Crippen LogP contribution in [0.5, 0.6) is 0 Å². The van der Waals surface area contributed by atoms with Crippen molar-refractivity contribution in [2.75, 3.05) is 0 Å². The number of rotatable bonds is 6. The van der Waals surface area contributed by atoms with Gasteiger partial charge in [-0.15, -0.1) is 11.3 Å². The normalized spacial score (nSPS) is 13.1. The van der Waals surface area contributed by atoms with E-state index in [1.807, 2.05) is 0 Å². The Hall–Kier alpha value is -1.65. The molecule has 0 aliphatic heterocycles. The van der Waals surface area contributed by atoms with Crippen LogP contribution in [0.25, 0.3) is 10.9 Å². The first-order chi connectivity index (χ1) is 11.5. The van der Waals surface area contributed by atoms with E-state index in [1.54, 1.807) is 11.3 Å². The second-order valence-corrected chi connectivity index (χ2v) is 8.04. The Morgan fingerprint density at radius 1 is 1.17 bits per heavy atom. The highest BCUT2D eigenvalue weighted by molar-refractivity contribution is 7.09. The van der Waals surface area contributed by atoms with Crippen LogP contribution in [0, 0.1) is 19.8 Å². The first-order valence-corrected chi connectivity index (χ1v) is 9.57. The summed E-state index contributed by atoms with van der Waals surface area (Å²) in [6.45, 7) is 13.0. The highest BCUT2D eigenvalue weighted by Gasteiger charge is 2.16. The predicted molar refractivity (Wildman–Crippen MR) is 104 cm³/mol. The summed E-state index contributed by atoms with van der Waals surface area (Å²) in [7, 11) is 0. The Morgan fingerprint density at radius 3 is 2.58 bits per heavy atom. The zero-order valence-corrected chi connectivity index (χ0v) is 16.1. The van der Waals surface area contributed by atoms with E-state index in [0.29, 0.717) is 5.92 Å². The molecule has 4 heteroatoms. The van der Waals surface area contributed by atoms with Crippen molar-refractivity contribution in [3.8, 4) is 0 Å². The molecule has 0 fully saturated rings. The number of para-hydroxylation sites is 1. The van der Waals surface area contributed by atoms with E-state index < -0.39 is 0 Å². The van der Waals surface area contributed by atoms with Crippen LogP contribution in [0.15, 0.2) is 29.6 Å². The summed E-state index contributed by atoms with van der Waals surface area (Å²) in [6.07, 6.45) is 0. The molecule has 0 spiro atoms. The fourth-order valence-electron chi connectivity index (χ4n) is 3.27. The van der Waals surface area contributed by atoms with Gasteiger partial charge in [0.1, 0.15) is 0 Å². The van der Waals surface area contributed by atoms with Gasteiger partial charge in [0, 0.05) is 41.1 Å². The molecule has 2 aromatic heterocycles. The minimum Gasteiger partial charge on any atom is -0.344 e. The van der Waals surface area contributed by atoms with Crippen molar-refractivity contribution in [3.63, 3.8) is 0 Å². The lowest BCUT2D eigenvalue weighted by Gasteiger charge is -2.13.